The fraction of sp³-hybridized carbons (Fsp3) is 0.375. The van der Waals surface area contributed by atoms with Crippen molar-refractivity contribution in [2.75, 3.05) is 6.54 Å². The number of rotatable bonds is 2. The van der Waals surface area contributed by atoms with Crippen molar-refractivity contribution in [1.29, 1.82) is 0 Å². The molecule has 6 nitrogen and oxygen atoms in total. The number of benzene rings is 1. The lowest BCUT2D eigenvalue weighted by Crippen LogP contribution is -2.42. The van der Waals surface area contributed by atoms with Gasteiger partial charge < -0.3 is 9.88 Å². The lowest BCUT2D eigenvalue weighted by atomic mass is 9.96. The van der Waals surface area contributed by atoms with Crippen molar-refractivity contribution in [3.8, 4) is 11.3 Å². The van der Waals surface area contributed by atoms with Crippen LogP contribution in [0.2, 0.25) is 0 Å². The van der Waals surface area contributed by atoms with Crippen molar-refractivity contribution in [3.63, 3.8) is 0 Å². The molecule has 4 heterocycles. The highest BCUT2D eigenvalue weighted by molar-refractivity contribution is 5.86. The van der Waals surface area contributed by atoms with E-state index in [0.717, 1.165) is 58.3 Å². The van der Waals surface area contributed by atoms with Crippen LogP contribution >= 0.6 is 0 Å². The van der Waals surface area contributed by atoms with Crippen molar-refractivity contribution in [1.82, 2.24) is 24.5 Å². The number of hydrogen-bond acceptors (Lipinski definition) is 4. The summed E-state index contributed by atoms with van der Waals surface area (Å²) in [5.74, 6) is 0. The topological polar surface area (TPSA) is 64.2 Å². The molecule has 1 saturated carbocycles. The van der Waals surface area contributed by atoms with Gasteiger partial charge in [-0.1, -0.05) is 6.07 Å². The summed E-state index contributed by atoms with van der Waals surface area (Å²) in [5, 5.41) is 10.1. The summed E-state index contributed by atoms with van der Waals surface area (Å²) in [6.45, 7) is 5.02. The van der Waals surface area contributed by atoms with E-state index in [4.69, 9.17) is 5.10 Å². The van der Waals surface area contributed by atoms with Crippen LogP contribution in [0.3, 0.4) is 0 Å². The molecule has 1 N–H and O–H groups in total. The maximum atomic E-state index is 13.3. The molecule has 1 saturated heterocycles. The predicted octanol–water partition coefficient (Wildman–Crippen LogP) is 3.79. The number of aromatic nitrogens is 4. The molecule has 3 aromatic heterocycles. The molecular weight excluding hydrogens is 374 g/mol. The second-order valence-corrected chi connectivity index (χ2v) is 9.05. The van der Waals surface area contributed by atoms with Gasteiger partial charge >= 0.3 is 0 Å². The highest BCUT2D eigenvalue weighted by Crippen LogP contribution is 2.45. The first kappa shape index (κ1) is 17.8. The van der Waals surface area contributed by atoms with Crippen LogP contribution in [-0.2, 0) is 0 Å². The van der Waals surface area contributed by atoms with Gasteiger partial charge in [0, 0.05) is 28.7 Å². The summed E-state index contributed by atoms with van der Waals surface area (Å²) >= 11 is 0. The summed E-state index contributed by atoms with van der Waals surface area (Å²) in [6, 6.07) is 10.5. The lowest BCUT2D eigenvalue weighted by Gasteiger charge is -2.31. The van der Waals surface area contributed by atoms with Gasteiger partial charge in [0.15, 0.2) is 5.65 Å². The van der Waals surface area contributed by atoms with E-state index >= 15 is 0 Å². The molecule has 0 amide bonds. The largest absolute Gasteiger partial charge is 0.312 e. The number of nitrogens with one attached hydrogen (secondary N) is 1. The summed E-state index contributed by atoms with van der Waals surface area (Å²) in [4.78, 5) is 17.8. The van der Waals surface area contributed by atoms with E-state index in [-0.39, 0.29) is 5.56 Å². The Kier molecular flexibility index (Phi) is 3.72. The van der Waals surface area contributed by atoms with Gasteiger partial charge in [-0.15, -0.1) is 0 Å². The van der Waals surface area contributed by atoms with Gasteiger partial charge in [0.25, 0.3) is 5.56 Å². The van der Waals surface area contributed by atoms with Crippen LogP contribution in [0.15, 0.2) is 47.5 Å². The fourth-order valence-corrected chi connectivity index (χ4v) is 4.99. The van der Waals surface area contributed by atoms with Gasteiger partial charge in [-0.25, -0.2) is 9.50 Å². The first-order valence-corrected chi connectivity index (χ1v) is 10.8. The average molecular weight is 399 g/mol. The second-order valence-electron chi connectivity index (χ2n) is 9.05. The van der Waals surface area contributed by atoms with Crippen LogP contribution in [0, 0.1) is 13.8 Å². The highest BCUT2D eigenvalue weighted by Gasteiger charge is 2.46. The molecule has 1 atom stereocenters. The van der Waals surface area contributed by atoms with E-state index in [0.29, 0.717) is 11.6 Å². The van der Waals surface area contributed by atoms with Crippen LogP contribution in [0.5, 0.6) is 0 Å². The van der Waals surface area contributed by atoms with E-state index < -0.39 is 0 Å². The minimum atomic E-state index is 0.117. The van der Waals surface area contributed by atoms with Crippen LogP contribution in [0.25, 0.3) is 27.7 Å². The molecule has 1 aliphatic heterocycles. The van der Waals surface area contributed by atoms with Crippen LogP contribution < -0.4 is 10.9 Å². The minimum Gasteiger partial charge on any atom is -0.312 e. The number of nitrogens with zero attached hydrogens (tertiary/aromatic N) is 4. The van der Waals surface area contributed by atoms with Gasteiger partial charge in [0.1, 0.15) is 0 Å². The van der Waals surface area contributed by atoms with Crippen LogP contribution in [0.4, 0.5) is 0 Å². The zero-order valence-electron chi connectivity index (χ0n) is 17.4. The number of piperidine rings is 1. The van der Waals surface area contributed by atoms with Gasteiger partial charge in [0.05, 0.1) is 17.6 Å². The Morgan fingerprint density at radius 2 is 2.03 bits per heavy atom. The molecule has 1 aromatic carbocycles. The zero-order chi connectivity index (χ0) is 20.5. The van der Waals surface area contributed by atoms with E-state index in [1.54, 1.807) is 0 Å². The van der Waals surface area contributed by atoms with Crippen LogP contribution in [-0.4, -0.2) is 31.2 Å². The summed E-state index contributed by atoms with van der Waals surface area (Å²) in [7, 11) is 0. The average Bonchev–Trinajstić information content (AvgIpc) is 3.35. The lowest BCUT2D eigenvalue weighted by molar-refractivity contribution is 0.282. The fourth-order valence-electron chi connectivity index (χ4n) is 4.99. The molecule has 2 aliphatic rings. The van der Waals surface area contributed by atoms with E-state index in [9.17, 15) is 4.79 Å². The number of hydrogen-bond donors (Lipinski definition) is 1. The van der Waals surface area contributed by atoms with Crippen molar-refractivity contribution < 1.29 is 0 Å². The van der Waals surface area contributed by atoms with Gasteiger partial charge in [0.2, 0.25) is 0 Å². The van der Waals surface area contributed by atoms with Crippen LogP contribution in [0.1, 0.15) is 43.0 Å². The molecule has 1 unspecified atom stereocenters. The zero-order valence-corrected chi connectivity index (χ0v) is 17.4. The van der Waals surface area contributed by atoms with Gasteiger partial charge in [-0.05, 0) is 81.3 Å². The Hall–Kier alpha value is -2.99. The number of aryl methyl sites for hydroxylation is 2. The second kappa shape index (κ2) is 6.25. The Bertz CT molecular complexity index is 1360. The number of pyridine rings is 1. The van der Waals surface area contributed by atoms with Crippen molar-refractivity contribution in [2.24, 2.45) is 0 Å². The Morgan fingerprint density at radius 1 is 1.17 bits per heavy atom. The molecular formula is C24H25N5O. The molecule has 1 aliphatic carbocycles. The number of fused-ring (bicyclic) bond motifs is 2. The molecule has 4 aromatic rings. The summed E-state index contributed by atoms with van der Waals surface area (Å²) < 4.78 is 3.80. The quantitative estimate of drug-likeness (QED) is 0.557. The molecule has 30 heavy (non-hydrogen) atoms. The monoisotopic (exact) mass is 399 g/mol. The summed E-state index contributed by atoms with van der Waals surface area (Å²) in [5.41, 5.74) is 5.24. The smallest absolute Gasteiger partial charge is 0.258 e. The summed E-state index contributed by atoms with van der Waals surface area (Å²) in [6.07, 6.45) is 8.48. The molecule has 0 radical (unpaired) electrons. The first-order valence-electron chi connectivity index (χ1n) is 10.8. The Balaban J connectivity index is 1.41. The normalized spacial score (nSPS) is 20.3. The molecule has 1 spiro atoms. The van der Waals surface area contributed by atoms with Gasteiger partial charge in [-0.2, -0.15) is 5.10 Å². The van der Waals surface area contributed by atoms with E-state index in [1.165, 1.54) is 12.8 Å². The maximum absolute atomic E-state index is 13.3. The third-order valence-corrected chi connectivity index (χ3v) is 6.81. The van der Waals surface area contributed by atoms with E-state index in [1.807, 2.05) is 40.5 Å². The first-order chi connectivity index (χ1) is 14.5. The minimum absolute atomic E-state index is 0.117. The molecule has 152 valence electrons. The van der Waals surface area contributed by atoms with E-state index in [2.05, 4.69) is 35.4 Å². The van der Waals surface area contributed by atoms with Crippen molar-refractivity contribution >= 4 is 16.4 Å². The van der Waals surface area contributed by atoms with Crippen molar-refractivity contribution in [2.45, 2.75) is 51.1 Å². The maximum Gasteiger partial charge on any atom is 0.258 e. The molecule has 2 fully saturated rings. The Labute approximate surface area is 174 Å². The van der Waals surface area contributed by atoms with Gasteiger partial charge in [-0.3, -0.25) is 4.79 Å². The third kappa shape index (κ3) is 2.78. The molecule has 6 heteroatoms. The highest BCUT2D eigenvalue weighted by atomic mass is 16.1. The van der Waals surface area contributed by atoms with Crippen molar-refractivity contribution in [3.05, 3.63) is 64.3 Å². The molecule has 0 bridgehead atoms. The third-order valence-electron chi connectivity index (χ3n) is 6.81. The Morgan fingerprint density at radius 3 is 2.87 bits per heavy atom. The predicted molar refractivity (Wildman–Crippen MR) is 118 cm³/mol. The SMILES string of the molecule is Cc1cn2nc(-c3ccc4c(=O)n(C5CCNC6(CC6)C5)ccc4c3)cc(C)c2n1. The molecule has 6 rings (SSSR count). The number of imidazole rings is 1. The standard InChI is InChI=1S/C24H25N5O/c1-15-11-21(27-29-14-16(2)26-22(15)29)18-3-4-20-17(12-18)6-10-28(23(20)30)19-5-9-25-24(13-19)7-8-24/h3-4,6,10-12,14,19,25H,5,7-9,13H2,1-2H3.